The second-order valence-corrected chi connectivity index (χ2v) is 8.66. The predicted octanol–water partition coefficient (Wildman–Crippen LogP) is 4.67. The van der Waals surface area contributed by atoms with Gasteiger partial charge in [0.1, 0.15) is 5.78 Å². The van der Waals surface area contributed by atoms with Gasteiger partial charge >= 0.3 is 0 Å². The van der Waals surface area contributed by atoms with Crippen LogP contribution in [-0.2, 0) is 20.8 Å². The molecule has 0 saturated carbocycles. The Morgan fingerprint density at radius 1 is 0.914 bits per heavy atom. The molecule has 0 bridgehead atoms. The number of fused-ring (bicyclic) bond motifs is 1. The number of carbonyl (C=O) groups is 3. The van der Waals surface area contributed by atoms with Crippen LogP contribution in [-0.4, -0.2) is 40.8 Å². The second-order valence-electron chi connectivity index (χ2n) is 8.66. The smallest absolute Gasteiger partial charge is 0.231 e. The van der Waals surface area contributed by atoms with Gasteiger partial charge < -0.3 is 20.1 Å². The number of rotatable bonds is 13. The van der Waals surface area contributed by atoms with Crippen molar-refractivity contribution in [2.75, 3.05) is 23.4 Å². The van der Waals surface area contributed by atoms with Gasteiger partial charge in [0.05, 0.1) is 24.2 Å². The van der Waals surface area contributed by atoms with Crippen LogP contribution in [0.2, 0.25) is 0 Å². The standard InChI is InChI=1S/C28H33N3O4/c1-21(33)8-4-2-3-5-12-26(34)30-24-15-13-22(14-16-24)20-27(35)31(18-19-32)25-11-6-9-23-10-7-17-29-28(23)25/h6-7,9-11,13-17,32H,2-5,8,12,18-20H2,1H3,(H,30,34). The molecule has 0 fully saturated rings. The molecule has 1 heterocycles. The monoisotopic (exact) mass is 475 g/mol. The quantitative estimate of drug-likeness (QED) is 0.350. The van der Waals surface area contributed by atoms with Gasteiger partial charge in [0, 0.05) is 36.7 Å². The second kappa shape index (κ2) is 13.3. The van der Waals surface area contributed by atoms with Gasteiger partial charge in [-0.25, -0.2) is 0 Å². The third-order valence-corrected chi connectivity index (χ3v) is 5.80. The van der Waals surface area contributed by atoms with Crippen molar-refractivity contribution < 1.29 is 19.5 Å². The van der Waals surface area contributed by atoms with E-state index in [1.165, 1.54) is 0 Å². The first-order valence-electron chi connectivity index (χ1n) is 12.1. The highest BCUT2D eigenvalue weighted by Crippen LogP contribution is 2.25. The Labute approximate surface area is 206 Å². The number of carbonyl (C=O) groups excluding carboxylic acids is 3. The third kappa shape index (κ3) is 8.00. The van der Waals surface area contributed by atoms with E-state index in [-0.39, 0.29) is 37.2 Å². The summed E-state index contributed by atoms with van der Waals surface area (Å²) in [4.78, 5) is 42.3. The first-order valence-corrected chi connectivity index (χ1v) is 12.1. The Bertz CT molecular complexity index is 1140. The number of pyridine rings is 1. The minimum Gasteiger partial charge on any atom is -0.395 e. The van der Waals surface area contributed by atoms with Crippen molar-refractivity contribution >= 4 is 39.9 Å². The maximum atomic E-state index is 13.1. The van der Waals surface area contributed by atoms with Crippen LogP contribution in [0.4, 0.5) is 11.4 Å². The Balaban J connectivity index is 1.54. The number of aromatic nitrogens is 1. The number of nitrogens with one attached hydrogen (secondary N) is 1. The van der Waals surface area contributed by atoms with Crippen molar-refractivity contribution in [2.24, 2.45) is 0 Å². The number of hydrogen-bond acceptors (Lipinski definition) is 5. The molecule has 2 amide bonds. The average Bonchev–Trinajstić information content (AvgIpc) is 2.85. The molecule has 0 aliphatic rings. The maximum absolute atomic E-state index is 13.1. The highest BCUT2D eigenvalue weighted by molar-refractivity contribution is 6.02. The third-order valence-electron chi connectivity index (χ3n) is 5.80. The Morgan fingerprint density at radius 2 is 1.63 bits per heavy atom. The predicted molar refractivity (Wildman–Crippen MR) is 138 cm³/mol. The molecule has 0 unspecified atom stereocenters. The molecule has 0 aliphatic heterocycles. The van der Waals surface area contributed by atoms with Gasteiger partial charge in [-0.05, 0) is 49.6 Å². The molecule has 0 spiro atoms. The van der Waals surface area contributed by atoms with Crippen LogP contribution < -0.4 is 10.2 Å². The lowest BCUT2D eigenvalue weighted by Gasteiger charge is -2.23. The summed E-state index contributed by atoms with van der Waals surface area (Å²) in [5.74, 6) is 0.0243. The van der Waals surface area contributed by atoms with Gasteiger partial charge in [-0.3, -0.25) is 14.6 Å². The lowest BCUT2D eigenvalue weighted by Crippen LogP contribution is -2.35. The fourth-order valence-corrected chi connectivity index (χ4v) is 4.00. The van der Waals surface area contributed by atoms with E-state index in [9.17, 15) is 19.5 Å². The Kier molecular flexibility index (Phi) is 9.93. The number of benzene rings is 2. The number of para-hydroxylation sites is 1. The van der Waals surface area contributed by atoms with E-state index in [4.69, 9.17) is 0 Å². The molecule has 0 radical (unpaired) electrons. The lowest BCUT2D eigenvalue weighted by molar-refractivity contribution is -0.118. The normalized spacial score (nSPS) is 10.8. The van der Waals surface area contributed by atoms with E-state index < -0.39 is 0 Å². The molecular formula is C28H33N3O4. The topological polar surface area (TPSA) is 99.6 Å². The highest BCUT2D eigenvalue weighted by Gasteiger charge is 2.18. The number of Topliss-reactive ketones (excluding diaryl/α,β-unsaturated/α-hetero) is 1. The van der Waals surface area contributed by atoms with E-state index in [1.54, 1.807) is 30.2 Å². The zero-order valence-corrected chi connectivity index (χ0v) is 20.2. The molecule has 3 rings (SSSR count). The van der Waals surface area contributed by atoms with Gasteiger partial charge in [-0.15, -0.1) is 0 Å². The molecule has 35 heavy (non-hydrogen) atoms. The van der Waals surface area contributed by atoms with Gasteiger partial charge in [0.15, 0.2) is 0 Å². The number of anilines is 2. The number of aliphatic hydroxyl groups is 1. The number of aliphatic hydroxyl groups excluding tert-OH is 1. The maximum Gasteiger partial charge on any atom is 0.231 e. The van der Waals surface area contributed by atoms with Crippen molar-refractivity contribution in [3.63, 3.8) is 0 Å². The summed E-state index contributed by atoms with van der Waals surface area (Å²) in [6, 6.07) is 16.7. The number of hydrogen-bond donors (Lipinski definition) is 2. The number of amides is 2. The summed E-state index contributed by atoms with van der Waals surface area (Å²) in [5.41, 5.74) is 2.89. The minimum absolute atomic E-state index is 0.0435. The first kappa shape index (κ1) is 26.0. The van der Waals surface area contributed by atoms with Crippen LogP contribution in [0.15, 0.2) is 60.8 Å². The summed E-state index contributed by atoms with van der Waals surface area (Å²) in [6.07, 6.45) is 6.46. The molecule has 0 aliphatic carbocycles. The van der Waals surface area contributed by atoms with Crippen molar-refractivity contribution in [2.45, 2.75) is 51.9 Å². The number of ketones is 1. The largest absolute Gasteiger partial charge is 0.395 e. The van der Waals surface area contributed by atoms with Gasteiger partial charge in [0.2, 0.25) is 11.8 Å². The van der Waals surface area contributed by atoms with E-state index in [0.717, 1.165) is 36.6 Å². The number of nitrogens with zero attached hydrogens (tertiary/aromatic N) is 2. The molecule has 2 aromatic carbocycles. The van der Waals surface area contributed by atoms with Crippen LogP contribution in [0.5, 0.6) is 0 Å². The van der Waals surface area contributed by atoms with Crippen molar-refractivity contribution in [1.29, 1.82) is 0 Å². The summed E-state index contributed by atoms with van der Waals surface area (Å²) < 4.78 is 0. The molecular weight excluding hydrogens is 442 g/mol. The first-order chi connectivity index (χ1) is 17.0. The van der Waals surface area contributed by atoms with Crippen LogP contribution in [0.1, 0.15) is 51.0 Å². The molecule has 184 valence electrons. The number of unbranched alkanes of at least 4 members (excludes halogenated alkanes) is 3. The van der Waals surface area contributed by atoms with Crippen molar-refractivity contribution in [3.05, 3.63) is 66.4 Å². The minimum atomic E-state index is -0.156. The molecule has 7 heteroatoms. The van der Waals surface area contributed by atoms with Gasteiger partial charge in [-0.2, -0.15) is 0 Å². The van der Waals surface area contributed by atoms with Crippen LogP contribution in [0.3, 0.4) is 0 Å². The molecule has 0 atom stereocenters. The fourth-order valence-electron chi connectivity index (χ4n) is 4.00. The van der Waals surface area contributed by atoms with Crippen molar-refractivity contribution in [3.8, 4) is 0 Å². The van der Waals surface area contributed by atoms with E-state index in [0.29, 0.717) is 29.7 Å². The van der Waals surface area contributed by atoms with Gasteiger partial charge in [0.25, 0.3) is 0 Å². The van der Waals surface area contributed by atoms with Gasteiger partial charge in [-0.1, -0.05) is 43.2 Å². The van der Waals surface area contributed by atoms with Crippen molar-refractivity contribution in [1.82, 2.24) is 4.98 Å². The Morgan fingerprint density at radius 3 is 2.34 bits per heavy atom. The van der Waals surface area contributed by atoms with E-state index in [1.807, 2.05) is 42.5 Å². The molecule has 7 nitrogen and oxygen atoms in total. The summed E-state index contributed by atoms with van der Waals surface area (Å²) >= 11 is 0. The fraction of sp³-hybridized carbons (Fsp3) is 0.357. The summed E-state index contributed by atoms with van der Waals surface area (Å²) in [6.45, 7) is 1.62. The zero-order valence-electron chi connectivity index (χ0n) is 20.2. The van der Waals surface area contributed by atoms with E-state index in [2.05, 4.69) is 10.3 Å². The summed E-state index contributed by atoms with van der Waals surface area (Å²) in [7, 11) is 0. The van der Waals surface area contributed by atoms with Crippen LogP contribution in [0.25, 0.3) is 10.9 Å². The average molecular weight is 476 g/mol. The van der Waals surface area contributed by atoms with Crippen LogP contribution in [0, 0.1) is 0 Å². The van der Waals surface area contributed by atoms with Crippen LogP contribution >= 0.6 is 0 Å². The lowest BCUT2D eigenvalue weighted by atomic mass is 10.1. The summed E-state index contributed by atoms with van der Waals surface area (Å²) in [5, 5.41) is 13.4. The zero-order chi connectivity index (χ0) is 25.0. The molecule has 3 aromatic rings. The molecule has 0 saturated heterocycles. The SMILES string of the molecule is CC(=O)CCCCCCC(=O)Nc1ccc(CC(=O)N(CCO)c2cccc3cccnc23)cc1. The van der Waals surface area contributed by atoms with E-state index >= 15 is 0 Å². The molecule has 1 aromatic heterocycles. The Hall–Kier alpha value is -3.58. The highest BCUT2D eigenvalue weighted by atomic mass is 16.3. The molecule has 2 N–H and O–H groups in total.